The number of carbonyl (C=O) groups excluding carboxylic acids is 2. The molecule has 0 saturated carbocycles. The Balaban J connectivity index is 1.63. The van der Waals surface area contributed by atoms with Crippen LogP contribution in [0.25, 0.3) is 0 Å². The molecule has 31 heavy (non-hydrogen) atoms. The summed E-state index contributed by atoms with van der Waals surface area (Å²) < 4.78 is 28.8. The third-order valence-corrected chi connectivity index (χ3v) is 6.41. The molecule has 0 aromatic heterocycles. The predicted octanol–water partition coefficient (Wildman–Crippen LogP) is 3.23. The number of rotatable bonds is 6. The van der Waals surface area contributed by atoms with Gasteiger partial charge in [0.2, 0.25) is 21.8 Å². The van der Waals surface area contributed by atoms with E-state index in [0.717, 1.165) is 5.56 Å². The molecule has 0 bridgehead atoms. The number of carbonyl (C=O) groups is 2. The Morgan fingerprint density at radius 2 is 1.58 bits per heavy atom. The Morgan fingerprint density at radius 1 is 0.903 bits per heavy atom. The number of fused-ring (bicyclic) bond motifs is 1. The molecule has 2 amide bonds. The Morgan fingerprint density at radius 3 is 2.29 bits per heavy atom. The van der Waals surface area contributed by atoms with Gasteiger partial charge < -0.3 is 10.6 Å². The molecule has 1 heterocycles. The van der Waals surface area contributed by atoms with Crippen molar-refractivity contribution in [1.82, 2.24) is 4.72 Å². The molecule has 0 aliphatic carbocycles. The zero-order valence-corrected chi connectivity index (χ0v) is 17.4. The first-order chi connectivity index (χ1) is 14.9. The van der Waals surface area contributed by atoms with E-state index in [-0.39, 0.29) is 10.8 Å². The number of benzene rings is 3. The van der Waals surface area contributed by atoms with Crippen LogP contribution in [0.15, 0.2) is 83.8 Å². The second kappa shape index (κ2) is 8.71. The van der Waals surface area contributed by atoms with Gasteiger partial charge in [-0.25, -0.2) is 8.42 Å². The first kappa shape index (κ1) is 20.8. The SMILES string of the molecule is O=C1CCc2cc(S(=O)(=O)N[C@H](C(=O)Nc3ccccc3)c3ccccc3)ccc2N1. The third-order valence-electron chi connectivity index (χ3n) is 4.99. The van der Waals surface area contributed by atoms with Gasteiger partial charge in [-0.15, -0.1) is 0 Å². The van der Waals surface area contributed by atoms with Gasteiger partial charge in [0, 0.05) is 17.8 Å². The van der Waals surface area contributed by atoms with E-state index in [2.05, 4.69) is 15.4 Å². The first-order valence-electron chi connectivity index (χ1n) is 9.78. The van der Waals surface area contributed by atoms with E-state index < -0.39 is 22.0 Å². The average Bonchev–Trinajstić information content (AvgIpc) is 2.78. The zero-order valence-electron chi connectivity index (χ0n) is 16.5. The molecule has 0 saturated heterocycles. The zero-order chi connectivity index (χ0) is 21.8. The number of amides is 2. The van der Waals surface area contributed by atoms with Gasteiger partial charge in [0.25, 0.3) is 0 Å². The van der Waals surface area contributed by atoms with Crippen LogP contribution in [0, 0.1) is 0 Å². The normalized spacial score (nSPS) is 14.3. The van der Waals surface area contributed by atoms with Gasteiger partial charge in [0.1, 0.15) is 6.04 Å². The number of aryl methyl sites for hydroxylation is 1. The van der Waals surface area contributed by atoms with Crippen molar-refractivity contribution in [3.8, 4) is 0 Å². The van der Waals surface area contributed by atoms with E-state index >= 15 is 0 Å². The fourth-order valence-corrected chi connectivity index (χ4v) is 4.64. The van der Waals surface area contributed by atoms with Gasteiger partial charge in [-0.3, -0.25) is 9.59 Å². The Bertz CT molecular complexity index is 1210. The highest BCUT2D eigenvalue weighted by molar-refractivity contribution is 7.89. The standard InChI is InChI=1S/C23H21N3O4S/c27-21-14-11-17-15-19(12-13-20(17)25-21)31(29,30)26-22(16-7-3-1-4-8-16)23(28)24-18-9-5-2-6-10-18/h1-10,12-13,15,22,26H,11,14H2,(H,24,28)(H,25,27)/t22-/m0/s1. The molecule has 0 spiro atoms. The molecule has 0 radical (unpaired) electrons. The summed E-state index contributed by atoms with van der Waals surface area (Å²) >= 11 is 0. The number of sulfonamides is 1. The van der Waals surface area contributed by atoms with Crippen LogP contribution >= 0.6 is 0 Å². The highest BCUT2D eigenvalue weighted by atomic mass is 32.2. The van der Waals surface area contributed by atoms with Crippen molar-refractivity contribution in [3.63, 3.8) is 0 Å². The van der Waals surface area contributed by atoms with Crippen molar-refractivity contribution in [2.45, 2.75) is 23.8 Å². The predicted molar refractivity (Wildman–Crippen MR) is 118 cm³/mol. The average molecular weight is 436 g/mol. The Labute approximate surface area is 180 Å². The maximum absolute atomic E-state index is 13.1. The second-order valence-corrected chi connectivity index (χ2v) is 8.90. The molecule has 158 valence electrons. The summed E-state index contributed by atoms with van der Waals surface area (Å²) in [6, 6.07) is 20.9. The van der Waals surface area contributed by atoms with E-state index in [1.54, 1.807) is 60.7 Å². The summed E-state index contributed by atoms with van der Waals surface area (Å²) in [6.07, 6.45) is 0.761. The van der Waals surface area contributed by atoms with Crippen LogP contribution in [-0.2, 0) is 26.0 Å². The lowest BCUT2D eigenvalue weighted by Crippen LogP contribution is -2.37. The fraction of sp³-hybridized carbons (Fsp3) is 0.130. The third kappa shape index (κ3) is 4.82. The summed E-state index contributed by atoms with van der Waals surface area (Å²) in [5.41, 5.74) is 2.44. The molecular weight excluding hydrogens is 414 g/mol. The van der Waals surface area contributed by atoms with E-state index in [1.807, 2.05) is 6.07 Å². The van der Waals surface area contributed by atoms with Crippen molar-refractivity contribution in [2.24, 2.45) is 0 Å². The molecule has 1 aliphatic rings. The number of hydrogen-bond acceptors (Lipinski definition) is 4. The molecule has 3 aromatic carbocycles. The van der Waals surface area contributed by atoms with E-state index in [0.29, 0.717) is 29.8 Å². The van der Waals surface area contributed by atoms with Gasteiger partial charge in [-0.1, -0.05) is 48.5 Å². The van der Waals surface area contributed by atoms with Crippen molar-refractivity contribution in [1.29, 1.82) is 0 Å². The number of anilines is 2. The number of nitrogens with one attached hydrogen (secondary N) is 3. The maximum atomic E-state index is 13.1. The lowest BCUT2D eigenvalue weighted by Gasteiger charge is -2.21. The van der Waals surface area contributed by atoms with Gasteiger partial charge in [-0.05, 0) is 47.9 Å². The van der Waals surface area contributed by atoms with Crippen molar-refractivity contribution < 1.29 is 18.0 Å². The van der Waals surface area contributed by atoms with Crippen LogP contribution < -0.4 is 15.4 Å². The van der Waals surface area contributed by atoms with Crippen LogP contribution in [0.3, 0.4) is 0 Å². The minimum absolute atomic E-state index is 0.0378. The topological polar surface area (TPSA) is 104 Å². The van der Waals surface area contributed by atoms with E-state index in [4.69, 9.17) is 0 Å². The van der Waals surface area contributed by atoms with Crippen molar-refractivity contribution in [2.75, 3.05) is 10.6 Å². The molecule has 0 fully saturated rings. The molecule has 3 N–H and O–H groups in total. The van der Waals surface area contributed by atoms with Crippen LogP contribution in [0.2, 0.25) is 0 Å². The summed E-state index contributed by atoms with van der Waals surface area (Å²) in [5, 5.41) is 5.49. The molecule has 4 rings (SSSR count). The van der Waals surface area contributed by atoms with Crippen LogP contribution in [0.5, 0.6) is 0 Å². The Kier molecular flexibility index (Phi) is 5.83. The Hall–Kier alpha value is -3.49. The molecule has 7 nitrogen and oxygen atoms in total. The summed E-state index contributed by atoms with van der Waals surface area (Å²) in [7, 11) is -4.02. The van der Waals surface area contributed by atoms with E-state index in [9.17, 15) is 18.0 Å². The van der Waals surface area contributed by atoms with Crippen molar-refractivity contribution in [3.05, 3.63) is 90.0 Å². The van der Waals surface area contributed by atoms with Crippen LogP contribution in [-0.4, -0.2) is 20.2 Å². The van der Waals surface area contributed by atoms with Gasteiger partial charge >= 0.3 is 0 Å². The highest BCUT2D eigenvalue weighted by Crippen LogP contribution is 2.27. The first-order valence-corrected chi connectivity index (χ1v) is 11.3. The minimum atomic E-state index is -4.02. The lowest BCUT2D eigenvalue weighted by molar-refractivity contribution is -0.118. The highest BCUT2D eigenvalue weighted by Gasteiger charge is 2.28. The molecule has 1 atom stereocenters. The van der Waals surface area contributed by atoms with E-state index in [1.165, 1.54) is 12.1 Å². The van der Waals surface area contributed by atoms with Gasteiger partial charge in [0.05, 0.1) is 4.90 Å². The smallest absolute Gasteiger partial charge is 0.247 e. The summed E-state index contributed by atoms with van der Waals surface area (Å²) in [6.45, 7) is 0. The molecular formula is C23H21N3O4S. The minimum Gasteiger partial charge on any atom is -0.326 e. The quantitative estimate of drug-likeness (QED) is 0.553. The monoisotopic (exact) mass is 435 g/mol. The molecule has 1 aliphatic heterocycles. The molecule has 3 aromatic rings. The van der Waals surface area contributed by atoms with Crippen LogP contribution in [0.1, 0.15) is 23.6 Å². The second-order valence-electron chi connectivity index (χ2n) is 7.19. The van der Waals surface area contributed by atoms with Crippen molar-refractivity contribution >= 4 is 33.2 Å². The summed E-state index contributed by atoms with van der Waals surface area (Å²) in [5.74, 6) is -0.589. The number of hydrogen-bond donors (Lipinski definition) is 3. The molecule has 0 unspecified atom stereocenters. The van der Waals surface area contributed by atoms with Gasteiger partial charge in [0.15, 0.2) is 0 Å². The van der Waals surface area contributed by atoms with Crippen LogP contribution in [0.4, 0.5) is 11.4 Å². The summed E-state index contributed by atoms with van der Waals surface area (Å²) in [4.78, 5) is 24.6. The maximum Gasteiger partial charge on any atom is 0.247 e. The number of para-hydroxylation sites is 1. The largest absolute Gasteiger partial charge is 0.326 e. The fourth-order valence-electron chi connectivity index (χ4n) is 3.40. The lowest BCUT2D eigenvalue weighted by atomic mass is 10.0. The van der Waals surface area contributed by atoms with Gasteiger partial charge in [-0.2, -0.15) is 4.72 Å². The molecule has 8 heteroatoms.